The van der Waals surface area contributed by atoms with E-state index >= 15 is 0 Å². The highest BCUT2D eigenvalue weighted by Crippen LogP contribution is 2.19. The van der Waals surface area contributed by atoms with Crippen LogP contribution in [0.3, 0.4) is 0 Å². The Hall–Kier alpha value is -2.66. The lowest BCUT2D eigenvalue weighted by atomic mass is 10.1. The van der Waals surface area contributed by atoms with Gasteiger partial charge in [0.25, 0.3) is 11.8 Å². The van der Waals surface area contributed by atoms with Crippen LogP contribution in [0.15, 0.2) is 54.6 Å². The summed E-state index contributed by atoms with van der Waals surface area (Å²) in [4.78, 5) is 26.6. The minimum Gasteiger partial charge on any atom is -0.338 e. The van der Waals surface area contributed by atoms with E-state index in [9.17, 15) is 9.59 Å². The lowest BCUT2D eigenvalue weighted by molar-refractivity contribution is 0.0787. The first kappa shape index (κ1) is 17.2. The van der Waals surface area contributed by atoms with E-state index < -0.39 is 0 Å². The third kappa shape index (κ3) is 4.25. The van der Waals surface area contributed by atoms with Crippen molar-refractivity contribution in [1.29, 1.82) is 0 Å². The molecule has 5 nitrogen and oxygen atoms in total. The maximum atomic E-state index is 12.6. The van der Waals surface area contributed by atoms with Gasteiger partial charge in [-0.15, -0.1) is 0 Å². The average Bonchev–Trinajstić information content (AvgIpc) is 3.11. The first-order chi connectivity index (χ1) is 12.2. The minimum atomic E-state index is -0.158. The zero-order valence-corrected chi connectivity index (χ0v) is 14.4. The van der Waals surface area contributed by atoms with Crippen LogP contribution in [0.2, 0.25) is 0 Å². The first-order valence-electron chi connectivity index (χ1n) is 8.57. The third-order valence-electron chi connectivity index (χ3n) is 4.49. The molecular weight excluding hydrogens is 314 g/mol. The molecule has 0 saturated carbocycles. The number of nitrogens with zero attached hydrogens (tertiary/aromatic N) is 1. The fourth-order valence-electron chi connectivity index (χ4n) is 3.14. The topological polar surface area (TPSA) is 61.4 Å². The molecule has 1 unspecified atom stereocenters. The zero-order valence-electron chi connectivity index (χ0n) is 14.4. The maximum absolute atomic E-state index is 12.6. The number of hydrogen-bond donors (Lipinski definition) is 2. The Morgan fingerprint density at radius 2 is 1.76 bits per heavy atom. The van der Waals surface area contributed by atoms with E-state index in [-0.39, 0.29) is 11.8 Å². The normalized spacial score (nSPS) is 16.7. The third-order valence-corrected chi connectivity index (χ3v) is 4.49. The molecule has 1 saturated heterocycles. The number of hydrogen-bond acceptors (Lipinski definition) is 3. The van der Waals surface area contributed by atoms with Gasteiger partial charge in [0, 0.05) is 29.9 Å². The van der Waals surface area contributed by atoms with Gasteiger partial charge in [0.1, 0.15) is 0 Å². The predicted octanol–water partition coefficient (Wildman–Crippen LogP) is 2.62. The Labute approximate surface area is 148 Å². The predicted molar refractivity (Wildman–Crippen MR) is 98.8 cm³/mol. The molecule has 1 fully saturated rings. The van der Waals surface area contributed by atoms with Crippen molar-refractivity contribution in [3.8, 4) is 0 Å². The smallest absolute Gasteiger partial charge is 0.255 e. The second-order valence-electron chi connectivity index (χ2n) is 6.36. The van der Waals surface area contributed by atoms with Crippen LogP contribution < -0.4 is 10.6 Å². The van der Waals surface area contributed by atoms with Gasteiger partial charge in [-0.25, -0.2) is 0 Å². The van der Waals surface area contributed by atoms with Crippen molar-refractivity contribution in [3.63, 3.8) is 0 Å². The van der Waals surface area contributed by atoms with Crippen LogP contribution in [0.4, 0.5) is 5.69 Å². The van der Waals surface area contributed by atoms with Gasteiger partial charge in [-0.05, 0) is 62.3 Å². The molecule has 1 heterocycles. The Morgan fingerprint density at radius 1 is 1.04 bits per heavy atom. The van der Waals surface area contributed by atoms with E-state index in [2.05, 4.69) is 10.6 Å². The summed E-state index contributed by atoms with van der Waals surface area (Å²) < 4.78 is 0. The Morgan fingerprint density at radius 3 is 2.44 bits per heavy atom. The summed E-state index contributed by atoms with van der Waals surface area (Å²) in [5.74, 6) is 0.423. The molecule has 1 aliphatic heterocycles. The van der Waals surface area contributed by atoms with Crippen molar-refractivity contribution >= 4 is 17.5 Å². The van der Waals surface area contributed by atoms with Crippen molar-refractivity contribution in [2.45, 2.75) is 6.42 Å². The van der Waals surface area contributed by atoms with E-state index in [1.54, 1.807) is 36.4 Å². The van der Waals surface area contributed by atoms with Crippen LogP contribution in [0.5, 0.6) is 0 Å². The van der Waals surface area contributed by atoms with Gasteiger partial charge < -0.3 is 15.5 Å². The van der Waals surface area contributed by atoms with Crippen LogP contribution in [0.25, 0.3) is 0 Å². The van der Waals surface area contributed by atoms with Crippen LogP contribution in [-0.2, 0) is 0 Å². The molecule has 0 aromatic heterocycles. The lowest BCUT2D eigenvalue weighted by Crippen LogP contribution is -2.30. The van der Waals surface area contributed by atoms with Crippen molar-refractivity contribution in [3.05, 3.63) is 65.7 Å². The summed E-state index contributed by atoms with van der Waals surface area (Å²) in [6.45, 7) is 2.54. The number of rotatable bonds is 5. The molecule has 2 amide bonds. The van der Waals surface area contributed by atoms with Gasteiger partial charge in [-0.3, -0.25) is 9.59 Å². The van der Waals surface area contributed by atoms with E-state index in [1.807, 2.05) is 30.1 Å². The Kier molecular flexibility index (Phi) is 5.46. The molecule has 5 heteroatoms. The summed E-state index contributed by atoms with van der Waals surface area (Å²) in [6, 6.07) is 16.1. The average molecular weight is 337 g/mol. The van der Waals surface area contributed by atoms with E-state index in [1.165, 1.54) is 0 Å². The maximum Gasteiger partial charge on any atom is 0.255 e. The van der Waals surface area contributed by atoms with E-state index in [0.717, 1.165) is 26.1 Å². The van der Waals surface area contributed by atoms with Gasteiger partial charge in [-0.1, -0.05) is 18.2 Å². The molecule has 0 spiro atoms. The number of anilines is 1. The molecular formula is C20H23N3O2. The van der Waals surface area contributed by atoms with Gasteiger partial charge in [0.15, 0.2) is 0 Å². The second-order valence-corrected chi connectivity index (χ2v) is 6.36. The largest absolute Gasteiger partial charge is 0.338 e. The fourth-order valence-corrected chi connectivity index (χ4v) is 3.14. The summed E-state index contributed by atoms with van der Waals surface area (Å²) >= 11 is 0. The monoisotopic (exact) mass is 337 g/mol. The molecule has 1 atom stereocenters. The quantitative estimate of drug-likeness (QED) is 0.882. The van der Waals surface area contributed by atoms with Gasteiger partial charge in [0.05, 0.1) is 0 Å². The molecule has 0 bridgehead atoms. The Balaban J connectivity index is 1.60. The molecule has 2 aromatic rings. The second kappa shape index (κ2) is 7.94. The fraction of sp³-hybridized carbons (Fsp3) is 0.300. The van der Waals surface area contributed by atoms with Crippen LogP contribution in [-0.4, -0.2) is 43.4 Å². The van der Waals surface area contributed by atoms with Gasteiger partial charge in [-0.2, -0.15) is 0 Å². The number of amides is 2. The minimum absolute atomic E-state index is 0.0551. The van der Waals surface area contributed by atoms with Crippen molar-refractivity contribution in [2.75, 3.05) is 32.0 Å². The highest BCUT2D eigenvalue weighted by Gasteiger charge is 2.26. The molecule has 25 heavy (non-hydrogen) atoms. The standard InChI is InChI=1S/C20H23N3O2/c1-21-13-15-11-12-23(14-15)20(25)17-7-9-18(10-8-17)22-19(24)16-5-3-2-4-6-16/h2-10,15,21H,11-14H2,1H3,(H,22,24). The van der Waals surface area contributed by atoms with Crippen LogP contribution in [0.1, 0.15) is 27.1 Å². The highest BCUT2D eigenvalue weighted by molar-refractivity contribution is 6.04. The molecule has 2 N–H and O–H groups in total. The Bertz CT molecular complexity index is 728. The summed E-state index contributed by atoms with van der Waals surface area (Å²) in [5.41, 5.74) is 1.94. The number of likely N-dealkylation sites (tertiary alicyclic amines) is 1. The van der Waals surface area contributed by atoms with Crippen LogP contribution in [0, 0.1) is 5.92 Å². The summed E-state index contributed by atoms with van der Waals surface area (Å²) in [7, 11) is 1.94. The van der Waals surface area contributed by atoms with Gasteiger partial charge in [0.2, 0.25) is 0 Å². The molecule has 0 radical (unpaired) electrons. The van der Waals surface area contributed by atoms with Crippen molar-refractivity contribution < 1.29 is 9.59 Å². The molecule has 0 aliphatic carbocycles. The van der Waals surface area contributed by atoms with Crippen LogP contribution >= 0.6 is 0 Å². The molecule has 1 aliphatic rings. The summed E-state index contributed by atoms with van der Waals surface area (Å²) in [5, 5.41) is 6.02. The SMILES string of the molecule is CNCC1CCN(C(=O)c2ccc(NC(=O)c3ccccc3)cc2)C1. The van der Waals surface area contributed by atoms with Crippen molar-refractivity contribution in [2.24, 2.45) is 5.92 Å². The first-order valence-corrected chi connectivity index (χ1v) is 8.57. The van der Waals surface area contributed by atoms with Gasteiger partial charge >= 0.3 is 0 Å². The van der Waals surface area contributed by atoms with E-state index in [0.29, 0.717) is 22.7 Å². The highest BCUT2D eigenvalue weighted by atomic mass is 16.2. The molecule has 130 valence electrons. The molecule has 2 aromatic carbocycles. The van der Waals surface area contributed by atoms with E-state index in [4.69, 9.17) is 0 Å². The number of carbonyl (C=O) groups excluding carboxylic acids is 2. The van der Waals surface area contributed by atoms with Crippen molar-refractivity contribution in [1.82, 2.24) is 10.2 Å². The number of nitrogens with one attached hydrogen (secondary N) is 2. The lowest BCUT2D eigenvalue weighted by Gasteiger charge is -2.17. The summed E-state index contributed by atoms with van der Waals surface area (Å²) in [6.07, 6.45) is 1.04. The molecule has 3 rings (SSSR count). The zero-order chi connectivity index (χ0) is 17.6. The number of carbonyl (C=O) groups is 2. The number of benzene rings is 2.